The molecule has 0 aliphatic heterocycles. The lowest BCUT2D eigenvalue weighted by Crippen LogP contribution is -2.24. The second kappa shape index (κ2) is 5.66. The summed E-state index contributed by atoms with van der Waals surface area (Å²) >= 11 is 2.14. The number of carbonyl (C=O) groups excluding carboxylic acids is 1. The van der Waals surface area contributed by atoms with Crippen molar-refractivity contribution < 1.29 is 4.79 Å². The van der Waals surface area contributed by atoms with Crippen LogP contribution in [0.15, 0.2) is 24.3 Å². The van der Waals surface area contributed by atoms with Gasteiger partial charge >= 0.3 is 0 Å². The van der Waals surface area contributed by atoms with Gasteiger partial charge in [0.15, 0.2) is 0 Å². The molecule has 0 radical (unpaired) electrons. The molecule has 0 fully saturated rings. The second-order valence-corrected chi connectivity index (χ2v) is 3.85. The summed E-state index contributed by atoms with van der Waals surface area (Å²) in [5.74, 6) is 2.41. The fourth-order valence-electron chi connectivity index (χ4n) is 0.989. The number of nitrogens with one attached hydrogen (secondary N) is 1. The van der Waals surface area contributed by atoms with Crippen LogP contribution in [0, 0.1) is 15.9 Å². The average molecular weight is 299 g/mol. The molecule has 1 rings (SSSR count). The van der Waals surface area contributed by atoms with Gasteiger partial charge in [0.05, 0.1) is 5.56 Å². The first-order valence-corrected chi connectivity index (χ1v) is 5.29. The number of hydrogen-bond acceptors (Lipinski definition) is 1. The van der Waals surface area contributed by atoms with Crippen LogP contribution in [0.3, 0.4) is 0 Å². The van der Waals surface area contributed by atoms with Gasteiger partial charge in [0.2, 0.25) is 0 Å². The SMILES string of the molecule is C#CCCNC(=O)c1ccccc1I. The Morgan fingerprint density at radius 1 is 1.50 bits per heavy atom. The Labute approximate surface area is 97.2 Å². The maximum atomic E-state index is 11.6. The van der Waals surface area contributed by atoms with Crippen molar-refractivity contribution in [1.82, 2.24) is 5.32 Å². The number of halogens is 1. The average Bonchev–Trinajstić information content (AvgIpc) is 2.18. The first-order chi connectivity index (χ1) is 6.75. The van der Waals surface area contributed by atoms with E-state index in [4.69, 9.17) is 6.42 Å². The van der Waals surface area contributed by atoms with Gasteiger partial charge < -0.3 is 5.32 Å². The molecule has 1 N–H and O–H groups in total. The van der Waals surface area contributed by atoms with Crippen molar-refractivity contribution >= 4 is 28.5 Å². The maximum Gasteiger partial charge on any atom is 0.252 e. The molecular weight excluding hydrogens is 289 g/mol. The fraction of sp³-hybridized carbons (Fsp3) is 0.182. The molecule has 14 heavy (non-hydrogen) atoms. The number of amides is 1. The highest BCUT2D eigenvalue weighted by molar-refractivity contribution is 14.1. The Hall–Kier alpha value is -1.02. The Morgan fingerprint density at radius 2 is 2.21 bits per heavy atom. The number of terminal acetylenes is 1. The largest absolute Gasteiger partial charge is 0.351 e. The molecule has 72 valence electrons. The zero-order chi connectivity index (χ0) is 10.4. The summed E-state index contributed by atoms with van der Waals surface area (Å²) in [5, 5.41) is 2.75. The zero-order valence-electron chi connectivity index (χ0n) is 7.59. The topological polar surface area (TPSA) is 29.1 Å². The van der Waals surface area contributed by atoms with Crippen LogP contribution in [-0.4, -0.2) is 12.5 Å². The van der Waals surface area contributed by atoms with E-state index in [0.717, 1.165) is 3.57 Å². The highest BCUT2D eigenvalue weighted by atomic mass is 127. The highest BCUT2D eigenvalue weighted by Crippen LogP contribution is 2.10. The van der Waals surface area contributed by atoms with Gasteiger partial charge in [0.25, 0.3) is 5.91 Å². The van der Waals surface area contributed by atoms with Crippen LogP contribution >= 0.6 is 22.6 Å². The quantitative estimate of drug-likeness (QED) is 0.516. The van der Waals surface area contributed by atoms with Gasteiger partial charge in [-0.2, -0.15) is 0 Å². The Kier molecular flexibility index (Phi) is 4.47. The highest BCUT2D eigenvalue weighted by Gasteiger charge is 2.06. The number of hydrogen-bond donors (Lipinski definition) is 1. The molecule has 0 saturated carbocycles. The van der Waals surface area contributed by atoms with E-state index in [0.29, 0.717) is 18.5 Å². The van der Waals surface area contributed by atoms with E-state index in [-0.39, 0.29) is 5.91 Å². The van der Waals surface area contributed by atoms with Crippen molar-refractivity contribution in [1.29, 1.82) is 0 Å². The molecule has 0 spiro atoms. The van der Waals surface area contributed by atoms with E-state index in [2.05, 4.69) is 33.8 Å². The van der Waals surface area contributed by atoms with Gasteiger partial charge in [-0.05, 0) is 34.7 Å². The molecule has 0 unspecified atom stereocenters. The third-order valence-electron chi connectivity index (χ3n) is 1.67. The van der Waals surface area contributed by atoms with Gasteiger partial charge in [0, 0.05) is 16.5 Å². The van der Waals surface area contributed by atoms with Crippen LogP contribution in [0.2, 0.25) is 0 Å². The first kappa shape index (κ1) is 11.1. The number of benzene rings is 1. The predicted octanol–water partition coefficient (Wildman–Crippen LogP) is 2.04. The summed E-state index contributed by atoms with van der Waals surface area (Å²) in [6.45, 7) is 0.528. The smallest absolute Gasteiger partial charge is 0.252 e. The predicted molar refractivity (Wildman–Crippen MR) is 64.9 cm³/mol. The molecule has 0 bridgehead atoms. The van der Waals surface area contributed by atoms with E-state index in [9.17, 15) is 4.79 Å². The van der Waals surface area contributed by atoms with Crippen molar-refractivity contribution in [2.45, 2.75) is 6.42 Å². The van der Waals surface area contributed by atoms with Gasteiger partial charge in [-0.1, -0.05) is 12.1 Å². The van der Waals surface area contributed by atoms with Crippen LogP contribution in [-0.2, 0) is 0 Å². The molecule has 1 aromatic carbocycles. The molecule has 0 atom stereocenters. The van der Waals surface area contributed by atoms with Crippen LogP contribution in [0.25, 0.3) is 0 Å². The summed E-state index contributed by atoms with van der Waals surface area (Å²) in [7, 11) is 0. The molecule has 0 aliphatic carbocycles. The van der Waals surface area contributed by atoms with Gasteiger partial charge in [-0.25, -0.2) is 0 Å². The minimum atomic E-state index is -0.0646. The van der Waals surface area contributed by atoms with Crippen molar-refractivity contribution in [3.8, 4) is 12.3 Å². The van der Waals surface area contributed by atoms with Crippen LogP contribution in [0.1, 0.15) is 16.8 Å². The summed E-state index contributed by atoms with van der Waals surface area (Å²) in [5.41, 5.74) is 0.699. The molecule has 0 aromatic heterocycles. The minimum Gasteiger partial charge on any atom is -0.351 e. The molecule has 3 heteroatoms. The summed E-state index contributed by atoms with van der Waals surface area (Å²) < 4.78 is 0.948. The van der Waals surface area contributed by atoms with Crippen molar-refractivity contribution in [3.63, 3.8) is 0 Å². The van der Waals surface area contributed by atoms with E-state index in [1.54, 1.807) is 6.07 Å². The van der Waals surface area contributed by atoms with E-state index < -0.39 is 0 Å². The van der Waals surface area contributed by atoms with Crippen molar-refractivity contribution in [3.05, 3.63) is 33.4 Å². The lowest BCUT2D eigenvalue weighted by Gasteiger charge is -2.04. The normalized spacial score (nSPS) is 9.14. The zero-order valence-corrected chi connectivity index (χ0v) is 9.74. The lowest BCUT2D eigenvalue weighted by molar-refractivity contribution is 0.0953. The molecule has 2 nitrogen and oxygen atoms in total. The summed E-state index contributed by atoms with van der Waals surface area (Å²) in [6.07, 6.45) is 5.65. The molecule has 1 aromatic rings. The maximum absolute atomic E-state index is 11.6. The first-order valence-electron chi connectivity index (χ1n) is 4.22. The third-order valence-corrected chi connectivity index (χ3v) is 2.61. The summed E-state index contributed by atoms with van der Waals surface area (Å²) in [6, 6.07) is 7.45. The van der Waals surface area contributed by atoms with E-state index in [1.807, 2.05) is 18.2 Å². The standard InChI is InChI=1S/C11H10INO/c1-2-3-8-13-11(14)9-6-4-5-7-10(9)12/h1,4-7H,3,8H2,(H,13,14). The molecule has 0 heterocycles. The van der Waals surface area contributed by atoms with Gasteiger partial charge in [-0.3, -0.25) is 4.79 Å². The van der Waals surface area contributed by atoms with Crippen LogP contribution < -0.4 is 5.32 Å². The second-order valence-electron chi connectivity index (χ2n) is 2.69. The molecule has 0 saturated heterocycles. The molecule has 0 aliphatic rings. The van der Waals surface area contributed by atoms with Gasteiger partial charge in [0.1, 0.15) is 0 Å². The van der Waals surface area contributed by atoms with Crippen molar-refractivity contribution in [2.75, 3.05) is 6.54 Å². The van der Waals surface area contributed by atoms with Gasteiger partial charge in [-0.15, -0.1) is 12.3 Å². The Bertz CT molecular complexity index is 368. The Morgan fingerprint density at radius 3 is 2.86 bits per heavy atom. The summed E-state index contributed by atoms with van der Waals surface area (Å²) in [4.78, 5) is 11.6. The fourth-order valence-corrected chi connectivity index (χ4v) is 1.62. The monoisotopic (exact) mass is 299 g/mol. The molecular formula is C11H10INO. The lowest BCUT2D eigenvalue weighted by atomic mass is 10.2. The van der Waals surface area contributed by atoms with Crippen LogP contribution in [0.4, 0.5) is 0 Å². The number of carbonyl (C=O) groups is 1. The molecule has 1 amide bonds. The van der Waals surface area contributed by atoms with E-state index >= 15 is 0 Å². The Balaban J connectivity index is 2.62. The van der Waals surface area contributed by atoms with E-state index in [1.165, 1.54) is 0 Å². The van der Waals surface area contributed by atoms with Crippen LogP contribution in [0.5, 0.6) is 0 Å². The third kappa shape index (κ3) is 3.04. The van der Waals surface area contributed by atoms with Crippen molar-refractivity contribution in [2.24, 2.45) is 0 Å². The number of rotatable bonds is 3. The minimum absolute atomic E-state index is 0.0646.